The smallest absolute Gasteiger partial charge is 0.379 e. The Morgan fingerprint density at radius 1 is 0.800 bits per heavy atom. The normalized spacial score (nSPS) is 10.4. The molecule has 0 saturated heterocycles. The molecule has 0 aliphatic rings. The Morgan fingerprint density at radius 3 is 1.97 bits per heavy atom. The Kier molecular flexibility index (Phi) is 7.64. The first-order chi connectivity index (χ1) is 14.2. The third kappa shape index (κ3) is 6.71. The van der Waals surface area contributed by atoms with Crippen LogP contribution >= 0.6 is 0 Å². The highest BCUT2D eigenvalue weighted by molar-refractivity contribution is 6.33. The number of ketones is 1. The number of ether oxygens (including phenoxy) is 2. The summed E-state index contributed by atoms with van der Waals surface area (Å²) >= 11 is 0. The molecule has 2 aromatic carbocycles. The molecule has 0 fully saturated rings. The molecule has 0 radical (unpaired) electrons. The summed E-state index contributed by atoms with van der Waals surface area (Å²) < 4.78 is 10.4. The van der Waals surface area contributed by atoms with Gasteiger partial charge in [0.05, 0.1) is 0 Å². The first-order valence-corrected chi connectivity index (χ1v) is 9.33. The Hall–Kier alpha value is -3.73. The third-order valence-corrected chi connectivity index (χ3v) is 3.88. The zero-order valence-electron chi connectivity index (χ0n) is 17.5. The van der Waals surface area contributed by atoms with Gasteiger partial charge in [0.15, 0.2) is 0 Å². The van der Waals surface area contributed by atoms with Crippen LogP contribution in [0.2, 0.25) is 0 Å². The number of esters is 2. The number of Topliss-reactive ketones (excluding diaryl/α,β-unsaturated/α-hetero) is 1. The summed E-state index contributed by atoms with van der Waals surface area (Å²) in [7, 11) is 0. The predicted molar refractivity (Wildman–Crippen MR) is 118 cm³/mol. The molecular formula is C25H24O5. The summed E-state index contributed by atoms with van der Waals surface area (Å²) in [5, 5.41) is 0. The average Bonchev–Trinajstić information content (AvgIpc) is 2.68. The Bertz CT molecular complexity index is 1040. The van der Waals surface area contributed by atoms with Crippen molar-refractivity contribution in [2.75, 3.05) is 0 Å². The maximum absolute atomic E-state index is 11.9. The van der Waals surface area contributed by atoms with Gasteiger partial charge in [-0.25, -0.2) is 9.59 Å². The summed E-state index contributed by atoms with van der Waals surface area (Å²) in [4.78, 5) is 34.2. The molecule has 0 aliphatic heterocycles. The molecule has 154 valence electrons. The second-order valence-corrected chi connectivity index (χ2v) is 7.04. The van der Waals surface area contributed by atoms with Crippen molar-refractivity contribution in [2.24, 2.45) is 0 Å². The molecule has 2 aromatic rings. The molecule has 0 amide bonds. The van der Waals surface area contributed by atoms with Crippen LogP contribution in [0.15, 0.2) is 60.2 Å². The van der Waals surface area contributed by atoms with Gasteiger partial charge in [0.1, 0.15) is 11.5 Å². The number of hydrogen-bond donors (Lipinski definition) is 0. The van der Waals surface area contributed by atoms with Gasteiger partial charge in [0.2, 0.25) is 5.78 Å². The van der Waals surface area contributed by atoms with Crippen LogP contribution in [0.25, 0.3) is 18.2 Å². The van der Waals surface area contributed by atoms with Crippen LogP contribution in [0.3, 0.4) is 0 Å². The Labute approximate surface area is 176 Å². The van der Waals surface area contributed by atoms with E-state index in [1.807, 2.05) is 44.2 Å². The number of carbonyl (C=O) groups excluding carboxylic acids is 3. The summed E-state index contributed by atoms with van der Waals surface area (Å²) in [5.41, 5.74) is 4.00. The van der Waals surface area contributed by atoms with E-state index < -0.39 is 17.7 Å². The van der Waals surface area contributed by atoms with Crippen molar-refractivity contribution in [3.8, 4) is 11.5 Å². The molecule has 0 unspecified atom stereocenters. The lowest BCUT2D eigenvalue weighted by Gasteiger charge is -2.09. The van der Waals surface area contributed by atoms with E-state index in [1.54, 1.807) is 37.3 Å². The highest BCUT2D eigenvalue weighted by atomic mass is 16.5. The molecule has 5 heteroatoms. The van der Waals surface area contributed by atoms with Crippen molar-refractivity contribution < 1.29 is 23.9 Å². The van der Waals surface area contributed by atoms with Gasteiger partial charge in [-0.3, -0.25) is 4.79 Å². The van der Waals surface area contributed by atoms with Crippen LogP contribution in [-0.4, -0.2) is 17.7 Å². The van der Waals surface area contributed by atoms with E-state index >= 15 is 0 Å². The van der Waals surface area contributed by atoms with E-state index in [1.165, 1.54) is 0 Å². The molecule has 0 aromatic heterocycles. The van der Waals surface area contributed by atoms with E-state index in [9.17, 15) is 14.4 Å². The quantitative estimate of drug-likeness (QED) is 0.207. The lowest BCUT2D eigenvalue weighted by Crippen LogP contribution is -2.16. The molecule has 0 aliphatic carbocycles. The van der Waals surface area contributed by atoms with Gasteiger partial charge in [0, 0.05) is 18.1 Å². The Balaban J connectivity index is 2.21. The minimum atomic E-state index is -0.891. The molecule has 0 atom stereocenters. The molecule has 0 bridgehead atoms. The lowest BCUT2D eigenvalue weighted by molar-refractivity contribution is -0.146. The van der Waals surface area contributed by atoms with E-state index in [2.05, 4.69) is 6.58 Å². The van der Waals surface area contributed by atoms with E-state index in [0.29, 0.717) is 17.1 Å². The van der Waals surface area contributed by atoms with Crippen LogP contribution in [-0.2, 0) is 14.4 Å². The minimum absolute atomic E-state index is 0.307. The van der Waals surface area contributed by atoms with Crippen molar-refractivity contribution in [2.45, 2.75) is 27.7 Å². The van der Waals surface area contributed by atoms with Crippen LogP contribution in [0, 0.1) is 0 Å². The maximum Gasteiger partial charge on any atom is 0.379 e. The summed E-state index contributed by atoms with van der Waals surface area (Å²) in [5.74, 6) is -1.23. The van der Waals surface area contributed by atoms with Gasteiger partial charge in [-0.2, -0.15) is 0 Å². The average molecular weight is 404 g/mol. The number of benzene rings is 2. The van der Waals surface area contributed by atoms with Crippen LogP contribution in [0.1, 0.15) is 44.4 Å². The molecule has 0 saturated carbocycles. The highest BCUT2D eigenvalue weighted by Crippen LogP contribution is 2.25. The topological polar surface area (TPSA) is 69.7 Å². The molecule has 0 N–H and O–H groups in total. The summed E-state index contributed by atoms with van der Waals surface area (Å²) in [6, 6.07) is 12.3. The monoisotopic (exact) mass is 404 g/mol. The zero-order valence-corrected chi connectivity index (χ0v) is 17.5. The molecule has 5 nitrogen and oxygen atoms in total. The third-order valence-electron chi connectivity index (χ3n) is 3.88. The van der Waals surface area contributed by atoms with E-state index in [4.69, 9.17) is 9.47 Å². The van der Waals surface area contributed by atoms with Crippen molar-refractivity contribution in [1.29, 1.82) is 0 Å². The van der Waals surface area contributed by atoms with E-state index in [-0.39, 0.29) is 0 Å². The molecular weight excluding hydrogens is 380 g/mol. The molecule has 2 rings (SSSR count). The molecule has 30 heavy (non-hydrogen) atoms. The number of allylic oxidation sites excluding steroid dienone is 1. The lowest BCUT2D eigenvalue weighted by atomic mass is 10.1. The number of hydrogen-bond acceptors (Lipinski definition) is 5. The second kappa shape index (κ2) is 10.2. The standard InChI is InChI=1S/C25H24O5/c1-16(2)14-21-15-20(10-13-23(21)30-24(27)17(3)4)7-6-19-8-11-22(12-9-19)29-25(28)18(5)26/h6-15H,3H2,1-2,4-5H3/b7-6+. The maximum atomic E-state index is 11.9. The molecule has 0 heterocycles. The van der Waals surface area contributed by atoms with Gasteiger partial charge in [-0.05, 0) is 56.2 Å². The molecule has 0 spiro atoms. The van der Waals surface area contributed by atoms with Gasteiger partial charge in [-0.15, -0.1) is 0 Å². The Morgan fingerprint density at radius 2 is 1.40 bits per heavy atom. The largest absolute Gasteiger partial charge is 0.423 e. The van der Waals surface area contributed by atoms with Gasteiger partial charge < -0.3 is 9.47 Å². The fourth-order valence-corrected chi connectivity index (χ4v) is 2.39. The zero-order chi connectivity index (χ0) is 22.3. The van der Waals surface area contributed by atoms with Crippen molar-refractivity contribution in [3.63, 3.8) is 0 Å². The summed E-state index contributed by atoms with van der Waals surface area (Å²) in [6.45, 7) is 10.3. The SMILES string of the molecule is C=C(C)C(=O)Oc1ccc(/C=C/c2ccc(OC(=O)C(C)=O)cc2)cc1C=C(C)C. The summed E-state index contributed by atoms with van der Waals surface area (Å²) in [6.07, 6.45) is 5.76. The van der Waals surface area contributed by atoms with Gasteiger partial charge in [0.25, 0.3) is 0 Å². The first-order valence-electron chi connectivity index (χ1n) is 9.33. The van der Waals surface area contributed by atoms with Crippen molar-refractivity contribution in [3.05, 3.63) is 76.9 Å². The van der Waals surface area contributed by atoms with Crippen molar-refractivity contribution in [1.82, 2.24) is 0 Å². The first kappa shape index (κ1) is 22.6. The predicted octanol–water partition coefficient (Wildman–Crippen LogP) is 5.26. The highest BCUT2D eigenvalue weighted by Gasteiger charge is 2.10. The van der Waals surface area contributed by atoms with Crippen LogP contribution < -0.4 is 9.47 Å². The fraction of sp³-hybridized carbons (Fsp3) is 0.160. The van der Waals surface area contributed by atoms with Crippen molar-refractivity contribution >= 4 is 35.9 Å². The van der Waals surface area contributed by atoms with Crippen LogP contribution in [0.4, 0.5) is 0 Å². The van der Waals surface area contributed by atoms with E-state index in [0.717, 1.165) is 29.2 Å². The van der Waals surface area contributed by atoms with Gasteiger partial charge >= 0.3 is 11.9 Å². The van der Waals surface area contributed by atoms with Gasteiger partial charge in [-0.1, -0.05) is 48.6 Å². The van der Waals surface area contributed by atoms with Crippen LogP contribution in [0.5, 0.6) is 11.5 Å². The second-order valence-electron chi connectivity index (χ2n) is 7.04. The number of rotatable bonds is 7. The number of carbonyl (C=O) groups is 3. The minimum Gasteiger partial charge on any atom is -0.423 e. The fourth-order valence-electron chi connectivity index (χ4n) is 2.39.